The van der Waals surface area contributed by atoms with Crippen LogP contribution in [0.1, 0.15) is 46.5 Å². The molecule has 1 heterocycles. The minimum absolute atomic E-state index is 0.466. The van der Waals surface area contributed by atoms with E-state index in [1.165, 1.54) is 44.5 Å². The van der Waals surface area contributed by atoms with Gasteiger partial charge in [-0.05, 0) is 62.1 Å². The van der Waals surface area contributed by atoms with Crippen molar-refractivity contribution in [2.75, 3.05) is 31.6 Å². The van der Waals surface area contributed by atoms with E-state index >= 15 is 0 Å². The molecule has 1 aliphatic rings. The maximum atomic E-state index is 5.96. The molecular formula is C15H32N2S. The summed E-state index contributed by atoms with van der Waals surface area (Å²) in [4.78, 5) is 2.65. The molecule has 1 fully saturated rings. The topological polar surface area (TPSA) is 29.3 Å². The molecule has 2 nitrogen and oxygen atoms in total. The van der Waals surface area contributed by atoms with E-state index in [2.05, 4.69) is 31.9 Å². The summed E-state index contributed by atoms with van der Waals surface area (Å²) in [5.41, 5.74) is 6.43. The highest BCUT2D eigenvalue weighted by Crippen LogP contribution is 2.34. The van der Waals surface area contributed by atoms with Crippen LogP contribution in [0, 0.1) is 11.3 Å². The van der Waals surface area contributed by atoms with Crippen LogP contribution < -0.4 is 5.73 Å². The van der Waals surface area contributed by atoms with E-state index in [1.807, 2.05) is 11.8 Å². The van der Waals surface area contributed by atoms with Crippen LogP contribution in [-0.2, 0) is 0 Å². The van der Waals surface area contributed by atoms with Gasteiger partial charge in [-0.1, -0.05) is 20.8 Å². The van der Waals surface area contributed by atoms with Crippen LogP contribution in [0.25, 0.3) is 0 Å². The smallest absolute Gasteiger partial charge is 0.0226 e. The Balaban J connectivity index is 2.49. The molecule has 1 rings (SSSR count). The number of hydrogen-bond acceptors (Lipinski definition) is 3. The summed E-state index contributed by atoms with van der Waals surface area (Å²) in [6, 6.07) is 0.608. The predicted octanol–water partition coefficient (Wildman–Crippen LogP) is 3.22. The van der Waals surface area contributed by atoms with Crippen molar-refractivity contribution in [3.63, 3.8) is 0 Å². The van der Waals surface area contributed by atoms with Crippen LogP contribution in [-0.4, -0.2) is 42.6 Å². The third-order valence-electron chi connectivity index (χ3n) is 4.43. The fourth-order valence-corrected chi connectivity index (χ4v) is 3.56. The van der Waals surface area contributed by atoms with E-state index in [0.29, 0.717) is 11.5 Å². The zero-order valence-corrected chi connectivity index (χ0v) is 13.6. The van der Waals surface area contributed by atoms with Crippen molar-refractivity contribution >= 4 is 11.8 Å². The summed E-state index contributed by atoms with van der Waals surface area (Å²) >= 11 is 1.94. The molecule has 2 atom stereocenters. The Morgan fingerprint density at radius 3 is 2.56 bits per heavy atom. The highest BCUT2D eigenvalue weighted by atomic mass is 32.2. The molecule has 0 bridgehead atoms. The maximum Gasteiger partial charge on any atom is 0.0226 e. The van der Waals surface area contributed by atoms with E-state index in [9.17, 15) is 0 Å². The number of hydrogen-bond donors (Lipinski definition) is 1. The Morgan fingerprint density at radius 2 is 2.00 bits per heavy atom. The average Bonchev–Trinajstić information content (AvgIpc) is 2.55. The van der Waals surface area contributed by atoms with Crippen LogP contribution in [0.15, 0.2) is 0 Å². The average molecular weight is 273 g/mol. The van der Waals surface area contributed by atoms with Gasteiger partial charge in [-0.2, -0.15) is 11.8 Å². The normalized spacial score (nSPS) is 24.8. The van der Waals surface area contributed by atoms with Crippen molar-refractivity contribution in [3.05, 3.63) is 0 Å². The van der Waals surface area contributed by atoms with Crippen molar-refractivity contribution < 1.29 is 0 Å². The van der Waals surface area contributed by atoms with Crippen molar-refractivity contribution in [1.29, 1.82) is 0 Å². The zero-order valence-electron chi connectivity index (χ0n) is 12.7. The second-order valence-corrected chi connectivity index (χ2v) is 7.69. The predicted molar refractivity (Wildman–Crippen MR) is 84.2 cm³/mol. The van der Waals surface area contributed by atoms with Crippen molar-refractivity contribution in [1.82, 2.24) is 4.90 Å². The van der Waals surface area contributed by atoms with Crippen LogP contribution in [0.4, 0.5) is 0 Å². The minimum atomic E-state index is 0.466. The van der Waals surface area contributed by atoms with Gasteiger partial charge in [0.25, 0.3) is 0 Å². The highest BCUT2D eigenvalue weighted by Gasteiger charge is 2.28. The second-order valence-electron chi connectivity index (χ2n) is 6.70. The highest BCUT2D eigenvalue weighted by molar-refractivity contribution is 7.98. The molecule has 0 aromatic heterocycles. The molecule has 3 heteroatoms. The lowest BCUT2D eigenvalue weighted by Gasteiger charge is -2.31. The lowest BCUT2D eigenvalue weighted by atomic mass is 9.77. The van der Waals surface area contributed by atoms with Gasteiger partial charge in [-0.15, -0.1) is 0 Å². The second kappa shape index (κ2) is 7.76. The Kier molecular flexibility index (Phi) is 7.04. The van der Waals surface area contributed by atoms with Gasteiger partial charge in [-0.25, -0.2) is 0 Å². The number of likely N-dealkylation sites (tertiary alicyclic amines) is 1. The largest absolute Gasteiger partial charge is 0.329 e. The molecule has 108 valence electrons. The fraction of sp³-hybridized carbons (Fsp3) is 1.00. The molecule has 0 aliphatic carbocycles. The maximum absolute atomic E-state index is 5.96. The Labute approximate surface area is 118 Å². The van der Waals surface area contributed by atoms with E-state index < -0.39 is 0 Å². The molecule has 0 spiro atoms. The van der Waals surface area contributed by atoms with Gasteiger partial charge in [-0.3, -0.25) is 4.90 Å². The lowest BCUT2D eigenvalue weighted by molar-refractivity contribution is 0.182. The third-order valence-corrected chi connectivity index (χ3v) is 5.08. The minimum Gasteiger partial charge on any atom is -0.329 e. The van der Waals surface area contributed by atoms with E-state index in [1.54, 1.807) is 0 Å². The molecule has 0 aromatic rings. The molecule has 1 aliphatic heterocycles. The molecule has 18 heavy (non-hydrogen) atoms. The molecule has 2 N–H and O–H groups in total. The molecule has 0 aromatic carbocycles. The van der Waals surface area contributed by atoms with Crippen molar-refractivity contribution in [2.24, 2.45) is 17.1 Å². The van der Waals surface area contributed by atoms with Gasteiger partial charge in [0.15, 0.2) is 0 Å². The zero-order chi connectivity index (χ0) is 13.6. The summed E-state index contributed by atoms with van der Waals surface area (Å²) in [5.74, 6) is 2.11. The Morgan fingerprint density at radius 1 is 1.28 bits per heavy atom. The number of rotatable bonds is 5. The quantitative estimate of drug-likeness (QED) is 0.833. The molecule has 0 radical (unpaired) electrons. The van der Waals surface area contributed by atoms with Crippen LogP contribution >= 0.6 is 11.8 Å². The first kappa shape index (κ1) is 16.3. The van der Waals surface area contributed by atoms with Gasteiger partial charge in [0.2, 0.25) is 0 Å². The molecule has 1 saturated heterocycles. The van der Waals surface area contributed by atoms with Gasteiger partial charge in [0.1, 0.15) is 0 Å². The van der Waals surface area contributed by atoms with Gasteiger partial charge < -0.3 is 5.73 Å². The number of nitrogens with two attached hydrogens (primary N) is 1. The molecule has 2 unspecified atom stereocenters. The number of thioether (sulfide) groups is 1. The Hall–Kier alpha value is 0.270. The monoisotopic (exact) mass is 272 g/mol. The van der Waals surface area contributed by atoms with Gasteiger partial charge in [0.05, 0.1) is 0 Å². The standard InChI is InChI=1S/C15H32N2S/c1-15(2,3)13-6-5-9-17(10-7-13)14(12-16)8-11-18-4/h13-14H,5-12,16H2,1-4H3. The summed E-state index contributed by atoms with van der Waals surface area (Å²) in [7, 11) is 0. The first-order chi connectivity index (χ1) is 8.49. The molecule has 0 amide bonds. The first-order valence-electron chi connectivity index (χ1n) is 7.42. The van der Waals surface area contributed by atoms with E-state index in [4.69, 9.17) is 5.73 Å². The van der Waals surface area contributed by atoms with Crippen molar-refractivity contribution in [2.45, 2.75) is 52.5 Å². The van der Waals surface area contributed by atoms with Crippen molar-refractivity contribution in [3.8, 4) is 0 Å². The lowest BCUT2D eigenvalue weighted by Crippen LogP contribution is -2.41. The van der Waals surface area contributed by atoms with E-state index in [0.717, 1.165) is 12.5 Å². The van der Waals surface area contributed by atoms with Gasteiger partial charge in [0, 0.05) is 12.6 Å². The fourth-order valence-electron chi connectivity index (χ4n) is 3.05. The molecular weight excluding hydrogens is 240 g/mol. The summed E-state index contributed by atoms with van der Waals surface area (Å²) in [6.45, 7) is 10.5. The SMILES string of the molecule is CSCCC(CN)N1CCCC(C(C)(C)C)CC1. The van der Waals surface area contributed by atoms with Crippen LogP contribution in [0.3, 0.4) is 0 Å². The molecule has 0 saturated carbocycles. The van der Waals surface area contributed by atoms with Crippen LogP contribution in [0.2, 0.25) is 0 Å². The first-order valence-corrected chi connectivity index (χ1v) is 8.81. The van der Waals surface area contributed by atoms with Gasteiger partial charge >= 0.3 is 0 Å². The Bertz CT molecular complexity index is 225. The summed E-state index contributed by atoms with van der Waals surface area (Å²) in [5, 5.41) is 0. The number of nitrogens with zero attached hydrogens (tertiary/aromatic N) is 1. The van der Waals surface area contributed by atoms with E-state index in [-0.39, 0.29) is 0 Å². The summed E-state index contributed by atoms with van der Waals surface area (Å²) < 4.78 is 0. The third kappa shape index (κ3) is 5.10. The van der Waals surface area contributed by atoms with Crippen LogP contribution in [0.5, 0.6) is 0 Å². The summed E-state index contributed by atoms with van der Waals surface area (Å²) in [6.07, 6.45) is 7.51.